The molecule has 3 nitrogen and oxygen atoms in total. The van der Waals surface area contributed by atoms with Crippen molar-refractivity contribution in [3.05, 3.63) is 11.1 Å². The molecular weight excluding hydrogens is 312 g/mol. The smallest absolute Gasteiger partial charge is 0.336 e. The van der Waals surface area contributed by atoms with Gasteiger partial charge in [-0.25, -0.2) is 4.79 Å². The number of rotatable bonds is 9. The zero-order valence-electron chi connectivity index (χ0n) is 16.5. The van der Waals surface area contributed by atoms with Gasteiger partial charge in [0.15, 0.2) is 0 Å². The number of unbranched alkanes of at least 4 members (excludes halogenated alkanes) is 1. The van der Waals surface area contributed by atoms with Gasteiger partial charge in [-0.15, -0.1) is 0 Å². The van der Waals surface area contributed by atoms with Gasteiger partial charge in [0, 0.05) is 6.61 Å². The molecule has 2 rings (SSSR count). The van der Waals surface area contributed by atoms with Gasteiger partial charge in [-0.2, -0.15) is 0 Å². The van der Waals surface area contributed by atoms with Gasteiger partial charge in [-0.1, -0.05) is 57.4 Å². The number of carbonyl (C=O) groups excluding carboxylic acids is 1. The molecule has 0 spiro atoms. The third-order valence-electron chi connectivity index (χ3n) is 5.87. The number of hydrogen-bond acceptors (Lipinski definition) is 3. The van der Waals surface area contributed by atoms with Gasteiger partial charge in [-0.05, 0) is 50.9 Å². The summed E-state index contributed by atoms with van der Waals surface area (Å²) in [5.74, 6) is 1.05. The molecule has 144 valence electrons. The van der Waals surface area contributed by atoms with Gasteiger partial charge in [0.05, 0.1) is 18.8 Å². The van der Waals surface area contributed by atoms with Gasteiger partial charge in [0.25, 0.3) is 0 Å². The van der Waals surface area contributed by atoms with E-state index in [1.165, 1.54) is 69.8 Å². The summed E-state index contributed by atoms with van der Waals surface area (Å²) in [6.45, 7) is 5.74. The monoisotopic (exact) mass is 350 g/mol. The highest BCUT2D eigenvalue weighted by Gasteiger charge is 2.31. The molecule has 2 fully saturated rings. The molecule has 3 heteroatoms. The minimum Gasteiger partial charge on any atom is -0.462 e. The summed E-state index contributed by atoms with van der Waals surface area (Å²) in [4.78, 5) is 12.9. The van der Waals surface area contributed by atoms with Crippen LogP contribution in [0, 0.1) is 11.8 Å². The molecule has 0 aromatic heterocycles. The van der Waals surface area contributed by atoms with E-state index >= 15 is 0 Å². The Bertz CT molecular complexity index is 395. The lowest BCUT2D eigenvalue weighted by Gasteiger charge is -2.34. The van der Waals surface area contributed by atoms with E-state index in [9.17, 15) is 4.79 Å². The first kappa shape index (κ1) is 20.5. The average Bonchev–Trinajstić information content (AvgIpc) is 2.66. The molecule has 2 aliphatic carbocycles. The van der Waals surface area contributed by atoms with E-state index in [-0.39, 0.29) is 5.97 Å². The summed E-state index contributed by atoms with van der Waals surface area (Å²) < 4.78 is 11.4. The van der Waals surface area contributed by atoms with Crippen molar-refractivity contribution >= 4 is 5.97 Å². The number of ether oxygens (including phenoxy) is 2. The van der Waals surface area contributed by atoms with Crippen LogP contribution in [-0.2, 0) is 14.3 Å². The fourth-order valence-electron chi connectivity index (χ4n) is 4.51. The Labute approximate surface area is 154 Å². The molecule has 0 bridgehead atoms. The second kappa shape index (κ2) is 11.7. The molecule has 0 atom stereocenters. The van der Waals surface area contributed by atoms with Gasteiger partial charge in [0.1, 0.15) is 0 Å². The molecule has 0 radical (unpaired) electrons. The van der Waals surface area contributed by atoms with Gasteiger partial charge >= 0.3 is 5.97 Å². The third kappa shape index (κ3) is 6.44. The topological polar surface area (TPSA) is 35.5 Å². The van der Waals surface area contributed by atoms with E-state index in [2.05, 4.69) is 6.92 Å². The Morgan fingerprint density at radius 1 is 0.880 bits per heavy atom. The highest BCUT2D eigenvalue weighted by molar-refractivity contribution is 5.90. The average molecular weight is 351 g/mol. The van der Waals surface area contributed by atoms with Crippen molar-refractivity contribution in [3.8, 4) is 0 Å². The molecule has 0 aliphatic heterocycles. The lowest BCUT2D eigenvalue weighted by Crippen LogP contribution is -2.26. The normalized spacial score (nSPS) is 19.6. The Balaban J connectivity index is 2.26. The lowest BCUT2D eigenvalue weighted by atomic mass is 9.72. The van der Waals surface area contributed by atoms with E-state index < -0.39 is 0 Å². The van der Waals surface area contributed by atoms with Crippen LogP contribution in [-0.4, -0.2) is 25.8 Å². The number of allylic oxidation sites excluding steroid dienone is 1. The fourth-order valence-corrected chi connectivity index (χ4v) is 4.51. The molecule has 0 N–H and O–H groups in total. The summed E-state index contributed by atoms with van der Waals surface area (Å²) in [7, 11) is 0. The third-order valence-corrected chi connectivity index (χ3v) is 5.87. The van der Waals surface area contributed by atoms with Crippen LogP contribution >= 0.6 is 0 Å². The van der Waals surface area contributed by atoms with E-state index in [4.69, 9.17) is 9.47 Å². The second-order valence-electron chi connectivity index (χ2n) is 7.73. The first-order valence-corrected chi connectivity index (χ1v) is 10.8. The fraction of sp³-hybridized carbons (Fsp3) is 0.864. The maximum absolute atomic E-state index is 12.9. The first-order chi connectivity index (χ1) is 12.3. The van der Waals surface area contributed by atoms with Crippen molar-refractivity contribution < 1.29 is 14.3 Å². The number of carbonyl (C=O) groups is 1. The largest absolute Gasteiger partial charge is 0.462 e. The predicted molar refractivity (Wildman–Crippen MR) is 103 cm³/mol. The van der Waals surface area contributed by atoms with Crippen LogP contribution in [0.25, 0.3) is 0 Å². The minimum atomic E-state index is -0.104. The van der Waals surface area contributed by atoms with Crippen molar-refractivity contribution in [2.75, 3.05) is 19.8 Å². The van der Waals surface area contributed by atoms with Crippen LogP contribution in [0.5, 0.6) is 0 Å². The minimum absolute atomic E-state index is 0.104. The first-order valence-electron chi connectivity index (χ1n) is 10.8. The van der Waals surface area contributed by atoms with Crippen molar-refractivity contribution in [1.82, 2.24) is 0 Å². The van der Waals surface area contributed by atoms with E-state index in [0.717, 1.165) is 18.4 Å². The Hall–Kier alpha value is -0.830. The van der Waals surface area contributed by atoms with Crippen molar-refractivity contribution in [1.29, 1.82) is 0 Å². The van der Waals surface area contributed by atoms with Crippen LogP contribution in [0.3, 0.4) is 0 Å². The predicted octanol–water partition coefficient (Wildman–Crippen LogP) is 5.82. The molecule has 0 aromatic rings. The van der Waals surface area contributed by atoms with Gasteiger partial charge in [-0.3, -0.25) is 0 Å². The van der Waals surface area contributed by atoms with Gasteiger partial charge < -0.3 is 9.47 Å². The Morgan fingerprint density at radius 2 is 1.44 bits per heavy atom. The Morgan fingerprint density at radius 3 is 1.92 bits per heavy atom. The summed E-state index contributed by atoms with van der Waals surface area (Å²) in [5.41, 5.74) is 2.30. The molecule has 0 saturated heterocycles. The lowest BCUT2D eigenvalue weighted by molar-refractivity contribution is -0.140. The maximum Gasteiger partial charge on any atom is 0.336 e. The molecular formula is C22H38O3. The summed E-state index contributed by atoms with van der Waals surface area (Å²) in [6.07, 6.45) is 14.8. The highest BCUT2D eigenvalue weighted by atomic mass is 16.5. The Kier molecular flexibility index (Phi) is 9.60. The number of hydrogen-bond donors (Lipinski definition) is 0. The SMILES string of the molecule is CCCCOC(=O)C(COCC)=C(C1CCCCC1)C1CCCCC1. The molecule has 2 aliphatic rings. The van der Waals surface area contributed by atoms with Crippen molar-refractivity contribution in [3.63, 3.8) is 0 Å². The van der Waals surface area contributed by atoms with E-state index in [1.807, 2.05) is 6.92 Å². The van der Waals surface area contributed by atoms with Gasteiger partial charge in [0.2, 0.25) is 0 Å². The number of esters is 1. The molecule has 0 amide bonds. The summed E-state index contributed by atoms with van der Waals surface area (Å²) in [5, 5.41) is 0. The van der Waals surface area contributed by atoms with Crippen molar-refractivity contribution in [2.24, 2.45) is 11.8 Å². The van der Waals surface area contributed by atoms with Crippen LogP contribution in [0.15, 0.2) is 11.1 Å². The summed E-state index contributed by atoms with van der Waals surface area (Å²) in [6, 6.07) is 0. The molecule has 0 aromatic carbocycles. The van der Waals surface area contributed by atoms with Crippen LogP contribution < -0.4 is 0 Å². The van der Waals surface area contributed by atoms with E-state index in [0.29, 0.717) is 31.7 Å². The molecule has 2 saturated carbocycles. The quantitative estimate of drug-likeness (QED) is 0.298. The van der Waals surface area contributed by atoms with Crippen LogP contribution in [0.4, 0.5) is 0 Å². The van der Waals surface area contributed by atoms with Crippen LogP contribution in [0.2, 0.25) is 0 Å². The molecule has 0 heterocycles. The molecule has 0 unspecified atom stereocenters. The van der Waals surface area contributed by atoms with Crippen molar-refractivity contribution in [2.45, 2.75) is 90.9 Å². The zero-order chi connectivity index (χ0) is 17.9. The highest BCUT2D eigenvalue weighted by Crippen LogP contribution is 2.41. The van der Waals surface area contributed by atoms with E-state index in [1.54, 1.807) is 0 Å². The summed E-state index contributed by atoms with van der Waals surface area (Å²) >= 11 is 0. The van der Waals surface area contributed by atoms with Crippen LogP contribution in [0.1, 0.15) is 90.9 Å². The zero-order valence-corrected chi connectivity index (χ0v) is 16.5. The maximum atomic E-state index is 12.9. The molecule has 25 heavy (non-hydrogen) atoms. The standard InChI is InChI=1S/C22H38O3/c1-3-5-16-25-22(23)20(17-24-4-2)21(18-12-8-6-9-13-18)19-14-10-7-11-15-19/h18-19H,3-17H2,1-2H3. The second-order valence-corrected chi connectivity index (χ2v) is 7.73.